The fraction of sp³-hybridized carbons (Fsp3) is 0.263. The molecule has 0 saturated carbocycles. The molecule has 1 N–H and O–H groups in total. The minimum atomic E-state index is -0.197. The number of fused-ring (bicyclic) bond motifs is 1. The smallest absolute Gasteiger partial charge is 0.220 e. The van der Waals surface area contributed by atoms with Crippen LogP contribution in [0, 0.1) is 0 Å². The first kappa shape index (κ1) is 17.6. The first-order chi connectivity index (χ1) is 12.7. The number of nitrogens with one attached hydrogen (secondary N) is 1. The lowest BCUT2D eigenvalue weighted by Crippen LogP contribution is -2.24. The summed E-state index contributed by atoms with van der Waals surface area (Å²) in [6, 6.07) is 12.5. The molecule has 0 spiro atoms. The molecule has 3 rings (SSSR count). The van der Waals surface area contributed by atoms with Crippen molar-refractivity contribution in [3.05, 3.63) is 60.0 Å². The fourth-order valence-corrected chi connectivity index (χ4v) is 2.55. The molecule has 7 heteroatoms. The van der Waals surface area contributed by atoms with E-state index in [9.17, 15) is 9.59 Å². The van der Waals surface area contributed by atoms with Gasteiger partial charge in [-0.3, -0.25) is 14.0 Å². The van der Waals surface area contributed by atoms with E-state index in [2.05, 4.69) is 15.5 Å². The maximum Gasteiger partial charge on any atom is 0.220 e. The zero-order valence-electron chi connectivity index (χ0n) is 14.5. The van der Waals surface area contributed by atoms with Crippen molar-refractivity contribution in [3.63, 3.8) is 0 Å². The summed E-state index contributed by atoms with van der Waals surface area (Å²) in [6.45, 7) is 2.75. The van der Waals surface area contributed by atoms with E-state index in [4.69, 9.17) is 4.74 Å². The molecule has 0 aliphatic rings. The van der Waals surface area contributed by atoms with Crippen molar-refractivity contribution in [2.24, 2.45) is 0 Å². The van der Waals surface area contributed by atoms with Gasteiger partial charge in [0.1, 0.15) is 5.75 Å². The molecule has 0 saturated heterocycles. The highest BCUT2D eigenvalue weighted by Crippen LogP contribution is 2.14. The normalized spacial score (nSPS) is 10.7. The number of hydrogen-bond donors (Lipinski definition) is 1. The second-order valence-electron chi connectivity index (χ2n) is 5.70. The van der Waals surface area contributed by atoms with E-state index in [0.29, 0.717) is 18.0 Å². The van der Waals surface area contributed by atoms with Crippen LogP contribution in [0.1, 0.15) is 35.9 Å². The van der Waals surface area contributed by atoms with Crippen molar-refractivity contribution in [2.75, 3.05) is 6.61 Å². The van der Waals surface area contributed by atoms with Gasteiger partial charge in [-0.25, -0.2) is 0 Å². The highest BCUT2D eigenvalue weighted by atomic mass is 16.5. The molecule has 3 aromatic rings. The standard InChI is InChI=1S/C19H20N4O3/c1-2-26-15-8-6-14(7-9-15)16(24)10-11-19(25)20-13-18-22-21-17-5-3-4-12-23(17)18/h3-9,12H,2,10-11,13H2,1H3,(H,20,25). The molecule has 2 aromatic heterocycles. The molecule has 2 heterocycles. The highest BCUT2D eigenvalue weighted by molar-refractivity contribution is 5.98. The fourth-order valence-electron chi connectivity index (χ4n) is 2.55. The van der Waals surface area contributed by atoms with Crippen LogP contribution in [0.2, 0.25) is 0 Å². The summed E-state index contributed by atoms with van der Waals surface area (Å²) in [5.41, 5.74) is 1.30. The third-order valence-electron chi connectivity index (χ3n) is 3.89. The lowest BCUT2D eigenvalue weighted by Gasteiger charge is -2.06. The lowest BCUT2D eigenvalue weighted by atomic mass is 10.1. The number of ether oxygens (including phenoxy) is 1. The van der Waals surface area contributed by atoms with Crippen LogP contribution >= 0.6 is 0 Å². The van der Waals surface area contributed by atoms with E-state index in [1.54, 1.807) is 24.3 Å². The Balaban J connectivity index is 1.48. The van der Waals surface area contributed by atoms with Crippen molar-refractivity contribution >= 4 is 17.3 Å². The van der Waals surface area contributed by atoms with Gasteiger partial charge in [0.15, 0.2) is 17.3 Å². The van der Waals surface area contributed by atoms with Crippen molar-refractivity contribution < 1.29 is 14.3 Å². The van der Waals surface area contributed by atoms with Crippen LogP contribution in [0.4, 0.5) is 0 Å². The minimum absolute atomic E-state index is 0.0730. The molecule has 0 atom stereocenters. The Kier molecular flexibility index (Phi) is 5.58. The van der Waals surface area contributed by atoms with E-state index in [1.807, 2.05) is 35.7 Å². The number of pyridine rings is 1. The second kappa shape index (κ2) is 8.24. The molecule has 1 amide bonds. The predicted octanol–water partition coefficient (Wildman–Crippen LogP) is 2.41. The van der Waals surface area contributed by atoms with Crippen LogP contribution in [0.5, 0.6) is 5.75 Å². The molecule has 0 radical (unpaired) electrons. The molecule has 0 aliphatic carbocycles. The number of amides is 1. The Morgan fingerprint density at radius 3 is 2.65 bits per heavy atom. The third-order valence-corrected chi connectivity index (χ3v) is 3.89. The molecule has 0 bridgehead atoms. The summed E-state index contributed by atoms with van der Waals surface area (Å²) < 4.78 is 7.16. The van der Waals surface area contributed by atoms with Gasteiger partial charge in [-0.15, -0.1) is 10.2 Å². The zero-order valence-corrected chi connectivity index (χ0v) is 14.5. The van der Waals surface area contributed by atoms with Gasteiger partial charge in [0.05, 0.1) is 13.2 Å². The summed E-state index contributed by atoms with van der Waals surface area (Å²) in [4.78, 5) is 24.2. The summed E-state index contributed by atoms with van der Waals surface area (Å²) in [5, 5.41) is 10.9. The number of benzene rings is 1. The first-order valence-corrected chi connectivity index (χ1v) is 8.49. The first-order valence-electron chi connectivity index (χ1n) is 8.49. The maximum absolute atomic E-state index is 12.2. The van der Waals surface area contributed by atoms with E-state index >= 15 is 0 Å². The summed E-state index contributed by atoms with van der Waals surface area (Å²) >= 11 is 0. The Morgan fingerprint density at radius 2 is 1.88 bits per heavy atom. The summed E-state index contributed by atoms with van der Waals surface area (Å²) in [7, 11) is 0. The van der Waals surface area contributed by atoms with Gasteiger partial charge in [-0.1, -0.05) is 6.07 Å². The quantitative estimate of drug-likeness (QED) is 0.629. The van der Waals surface area contributed by atoms with Crippen LogP contribution in [0.25, 0.3) is 5.65 Å². The van der Waals surface area contributed by atoms with Gasteiger partial charge in [0.2, 0.25) is 5.91 Å². The number of nitrogens with zero attached hydrogens (tertiary/aromatic N) is 3. The number of aromatic nitrogens is 3. The topological polar surface area (TPSA) is 85.6 Å². The highest BCUT2D eigenvalue weighted by Gasteiger charge is 2.11. The number of carbonyl (C=O) groups excluding carboxylic acids is 2. The molecule has 7 nitrogen and oxygen atoms in total. The number of Topliss-reactive ketones (excluding diaryl/α,β-unsaturated/α-hetero) is 1. The van der Waals surface area contributed by atoms with Gasteiger partial charge in [-0.05, 0) is 43.3 Å². The average molecular weight is 352 g/mol. The van der Waals surface area contributed by atoms with Gasteiger partial charge in [0.25, 0.3) is 0 Å². The van der Waals surface area contributed by atoms with E-state index in [-0.39, 0.29) is 31.1 Å². The SMILES string of the molecule is CCOc1ccc(C(=O)CCC(=O)NCc2nnc3ccccn23)cc1. The monoisotopic (exact) mass is 352 g/mol. The Bertz CT molecular complexity index is 903. The number of hydrogen-bond acceptors (Lipinski definition) is 5. The predicted molar refractivity (Wildman–Crippen MR) is 96.0 cm³/mol. The molecule has 134 valence electrons. The van der Waals surface area contributed by atoms with E-state index in [0.717, 1.165) is 11.4 Å². The largest absolute Gasteiger partial charge is 0.494 e. The molecule has 0 fully saturated rings. The third kappa shape index (κ3) is 4.24. The van der Waals surface area contributed by atoms with Gasteiger partial charge >= 0.3 is 0 Å². The summed E-state index contributed by atoms with van der Waals surface area (Å²) in [6.07, 6.45) is 2.12. The van der Waals surface area contributed by atoms with E-state index < -0.39 is 0 Å². The average Bonchev–Trinajstić information content (AvgIpc) is 3.08. The Morgan fingerprint density at radius 1 is 1.08 bits per heavy atom. The number of carbonyl (C=O) groups is 2. The molecule has 0 aliphatic heterocycles. The van der Waals surface area contributed by atoms with Crippen LogP contribution in [-0.2, 0) is 11.3 Å². The van der Waals surface area contributed by atoms with Crippen molar-refractivity contribution in [1.29, 1.82) is 0 Å². The molecular formula is C19H20N4O3. The van der Waals surface area contributed by atoms with E-state index in [1.165, 1.54) is 0 Å². The number of ketones is 1. The number of rotatable bonds is 8. The molecule has 0 unspecified atom stereocenters. The van der Waals surface area contributed by atoms with Crippen LogP contribution in [0.15, 0.2) is 48.7 Å². The van der Waals surface area contributed by atoms with Crippen molar-refractivity contribution in [1.82, 2.24) is 19.9 Å². The van der Waals surface area contributed by atoms with Crippen LogP contribution in [-0.4, -0.2) is 32.9 Å². The van der Waals surface area contributed by atoms with Crippen molar-refractivity contribution in [2.45, 2.75) is 26.3 Å². The Hall–Kier alpha value is -3.22. The summed E-state index contributed by atoms with van der Waals surface area (Å²) in [5.74, 6) is 1.10. The second-order valence-corrected chi connectivity index (χ2v) is 5.70. The van der Waals surface area contributed by atoms with Crippen LogP contribution in [0.3, 0.4) is 0 Å². The van der Waals surface area contributed by atoms with Crippen LogP contribution < -0.4 is 10.1 Å². The maximum atomic E-state index is 12.2. The van der Waals surface area contributed by atoms with Crippen molar-refractivity contribution in [3.8, 4) is 5.75 Å². The Labute approximate surface area is 151 Å². The lowest BCUT2D eigenvalue weighted by molar-refractivity contribution is -0.121. The molecule has 1 aromatic carbocycles. The van der Waals surface area contributed by atoms with Gasteiger partial charge in [0, 0.05) is 24.6 Å². The zero-order chi connectivity index (χ0) is 18.4. The van der Waals surface area contributed by atoms with Gasteiger partial charge < -0.3 is 10.1 Å². The van der Waals surface area contributed by atoms with Gasteiger partial charge in [-0.2, -0.15) is 0 Å². The minimum Gasteiger partial charge on any atom is -0.494 e. The molecular weight excluding hydrogens is 332 g/mol. The molecule has 26 heavy (non-hydrogen) atoms.